The second kappa shape index (κ2) is 5.00. The first-order chi connectivity index (χ1) is 10.5. The molecule has 0 fully saturated rings. The van der Waals surface area contributed by atoms with Gasteiger partial charge in [-0.3, -0.25) is 14.5 Å². The minimum Gasteiger partial charge on any atom is -0.508 e. The Balaban J connectivity index is 2.08. The van der Waals surface area contributed by atoms with Crippen molar-refractivity contribution in [2.75, 3.05) is 0 Å². The van der Waals surface area contributed by atoms with Crippen LogP contribution in [0.5, 0.6) is 5.75 Å². The molecule has 2 aromatic carbocycles. The fraction of sp³-hybridized carbons (Fsp3) is 0.0625. The third-order valence-corrected chi connectivity index (χ3v) is 3.53. The van der Waals surface area contributed by atoms with Gasteiger partial charge in [0.2, 0.25) is 0 Å². The standard InChI is InChI=1S/C16H11NO5/c18-10-7-5-9(6-8-10)13(16(21)22)17-14(19)11-3-1-2-4-12(11)15(17)20/h1-8,13,18H,(H,21,22). The van der Waals surface area contributed by atoms with Crippen molar-refractivity contribution in [3.63, 3.8) is 0 Å². The maximum Gasteiger partial charge on any atom is 0.331 e. The highest BCUT2D eigenvalue weighted by Crippen LogP contribution is 2.32. The average Bonchev–Trinajstić information content (AvgIpc) is 2.75. The van der Waals surface area contributed by atoms with E-state index in [2.05, 4.69) is 0 Å². The number of carbonyl (C=O) groups excluding carboxylic acids is 2. The van der Waals surface area contributed by atoms with Crippen LogP contribution in [0.1, 0.15) is 32.3 Å². The summed E-state index contributed by atoms with van der Waals surface area (Å²) in [5.74, 6) is -2.63. The SMILES string of the molecule is O=C(O)C(c1ccc(O)cc1)N1C(=O)c2ccccc2C1=O. The van der Waals surface area contributed by atoms with E-state index >= 15 is 0 Å². The molecule has 0 bridgehead atoms. The van der Waals surface area contributed by atoms with E-state index in [0.29, 0.717) is 0 Å². The lowest BCUT2D eigenvalue weighted by molar-refractivity contribution is -0.141. The fourth-order valence-corrected chi connectivity index (χ4v) is 2.50. The van der Waals surface area contributed by atoms with Crippen molar-refractivity contribution in [2.24, 2.45) is 0 Å². The third kappa shape index (κ3) is 2.01. The molecule has 1 aliphatic heterocycles. The van der Waals surface area contributed by atoms with E-state index in [9.17, 15) is 24.6 Å². The van der Waals surface area contributed by atoms with Crippen molar-refractivity contribution in [1.29, 1.82) is 0 Å². The topological polar surface area (TPSA) is 94.9 Å². The van der Waals surface area contributed by atoms with Crippen molar-refractivity contribution < 1.29 is 24.6 Å². The van der Waals surface area contributed by atoms with Gasteiger partial charge in [0.15, 0.2) is 6.04 Å². The van der Waals surface area contributed by atoms with Gasteiger partial charge < -0.3 is 10.2 Å². The van der Waals surface area contributed by atoms with Crippen LogP contribution in [0.15, 0.2) is 48.5 Å². The Bertz CT molecular complexity index is 746. The van der Waals surface area contributed by atoms with E-state index in [1.54, 1.807) is 12.1 Å². The van der Waals surface area contributed by atoms with E-state index < -0.39 is 23.8 Å². The number of hydrogen-bond acceptors (Lipinski definition) is 4. The Morgan fingerprint density at radius 2 is 1.41 bits per heavy atom. The summed E-state index contributed by atoms with van der Waals surface area (Å²) in [6, 6.07) is 10.1. The van der Waals surface area contributed by atoms with Crippen LogP contribution < -0.4 is 0 Å². The number of rotatable bonds is 3. The van der Waals surface area contributed by atoms with Gasteiger partial charge in [-0.15, -0.1) is 0 Å². The molecule has 0 aromatic heterocycles. The van der Waals surface area contributed by atoms with Gasteiger partial charge in [-0.05, 0) is 29.8 Å². The maximum atomic E-state index is 12.4. The zero-order chi connectivity index (χ0) is 15.9. The average molecular weight is 297 g/mol. The molecule has 6 heteroatoms. The van der Waals surface area contributed by atoms with E-state index in [-0.39, 0.29) is 22.4 Å². The number of phenols is 1. The normalized spacial score (nSPS) is 14.8. The second-order valence-electron chi connectivity index (χ2n) is 4.86. The molecule has 0 aliphatic carbocycles. The van der Waals surface area contributed by atoms with Crippen LogP contribution in [0, 0.1) is 0 Å². The molecule has 1 aliphatic rings. The van der Waals surface area contributed by atoms with Crippen LogP contribution in [0.2, 0.25) is 0 Å². The molecule has 1 heterocycles. The first-order valence-electron chi connectivity index (χ1n) is 6.49. The van der Waals surface area contributed by atoms with Crippen LogP contribution in [0.4, 0.5) is 0 Å². The van der Waals surface area contributed by atoms with Crippen molar-refractivity contribution in [3.05, 3.63) is 65.2 Å². The van der Waals surface area contributed by atoms with Crippen LogP contribution in [-0.2, 0) is 4.79 Å². The van der Waals surface area contributed by atoms with E-state index in [4.69, 9.17) is 0 Å². The summed E-state index contributed by atoms with van der Waals surface area (Å²) in [5.41, 5.74) is 0.620. The molecule has 22 heavy (non-hydrogen) atoms. The molecule has 1 unspecified atom stereocenters. The molecule has 0 spiro atoms. The predicted octanol–water partition coefficient (Wildman–Crippen LogP) is 1.81. The number of amides is 2. The number of carboxylic acids is 1. The van der Waals surface area contributed by atoms with Crippen molar-refractivity contribution in [3.8, 4) is 5.75 Å². The lowest BCUT2D eigenvalue weighted by Gasteiger charge is -2.22. The molecule has 3 rings (SSSR count). The van der Waals surface area contributed by atoms with Gasteiger partial charge in [-0.25, -0.2) is 4.79 Å². The molecule has 2 aromatic rings. The van der Waals surface area contributed by atoms with Gasteiger partial charge in [0.25, 0.3) is 11.8 Å². The molecule has 1 atom stereocenters. The highest BCUT2D eigenvalue weighted by atomic mass is 16.4. The van der Waals surface area contributed by atoms with Gasteiger partial charge >= 0.3 is 5.97 Å². The largest absolute Gasteiger partial charge is 0.508 e. The Kier molecular flexibility index (Phi) is 3.14. The number of nitrogens with zero attached hydrogens (tertiary/aromatic N) is 1. The number of imide groups is 1. The Morgan fingerprint density at radius 1 is 0.909 bits per heavy atom. The number of aromatic hydroxyl groups is 1. The van der Waals surface area contributed by atoms with Crippen LogP contribution in [-0.4, -0.2) is 32.9 Å². The van der Waals surface area contributed by atoms with Crippen molar-refractivity contribution >= 4 is 17.8 Å². The second-order valence-corrected chi connectivity index (χ2v) is 4.86. The lowest BCUT2D eigenvalue weighted by Crippen LogP contribution is -2.38. The lowest BCUT2D eigenvalue weighted by atomic mass is 10.1. The van der Waals surface area contributed by atoms with Crippen molar-refractivity contribution in [2.45, 2.75) is 6.04 Å². The van der Waals surface area contributed by atoms with Gasteiger partial charge in [-0.1, -0.05) is 24.3 Å². The highest BCUT2D eigenvalue weighted by Gasteiger charge is 2.43. The first kappa shape index (κ1) is 13.8. The maximum absolute atomic E-state index is 12.4. The number of carboxylic acid groups (broad SMARTS) is 1. The molecule has 0 saturated heterocycles. The minimum atomic E-state index is -1.44. The zero-order valence-corrected chi connectivity index (χ0v) is 11.3. The fourth-order valence-electron chi connectivity index (χ4n) is 2.50. The summed E-state index contributed by atoms with van der Waals surface area (Å²) in [6.07, 6.45) is 0. The Morgan fingerprint density at radius 3 is 1.86 bits per heavy atom. The van der Waals surface area contributed by atoms with Crippen LogP contribution in [0.25, 0.3) is 0 Å². The molecule has 0 radical (unpaired) electrons. The smallest absolute Gasteiger partial charge is 0.331 e. The van der Waals surface area contributed by atoms with Gasteiger partial charge in [0.1, 0.15) is 5.75 Å². The summed E-state index contributed by atoms with van der Waals surface area (Å²) in [5, 5.41) is 18.8. The summed E-state index contributed by atoms with van der Waals surface area (Å²) in [4.78, 5) is 37.1. The number of fused-ring (bicyclic) bond motifs is 1. The number of benzene rings is 2. The predicted molar refractivity (Wildman–Crippen MR) is 75.4 cm³/mol. The summed E-state index contributed by atoms with van der Waals surface area (Å²) >= 11 is 0. The van der Waals surface area contributed by atoms with Gasteiger partial charge in [0.05, 0.1) is 11.1 Å². The monoisotopic (exact) mass is 297 g/mol. The number of aliphatic carboxylic acids is 1. The quantitative estimate of drug-likeness (QED) is 0.842. The molecular weight excluding hydrogens is 286 g/mol. The van der Waals surface area contributed by atoms with Gasteiger partial charge in [-0.2, -0.15) is 0 Å². The molecule has 0 saturated carbocycles. The van der Waals surface area contributed by atoms with E-state index in [1.807, 2.05) is 0 Å². The first-order valence-corrected chi connectivity index (χ1v) is 6.49. The Labute approximate surface area is 125 Å². The van der Waals surface area contributed by atoms with Crippen molar-refractivity contribution in [1.82, 2.24) is 4.90 Å². The molecule has 2 N–H and O–H groups in total. The molecule has 2 amide bonds. The molecule has 6 nitrogen and oxygen atoms in total. The van der Waals surface area contributed by atoms with Crippen LogP contribution in [0.3, 0.4) is 0 Å². The third-order valence-electron chi connectivity index (χ3n) is 3.53. The highest BCUT2D eigenvalue weighted by molar-refractivity contribution is 6.22. The number of phenolic OH excluding ortho intramolecular Hbond substituents is 1. The molecular formula is C16H11NO5. The summed E-state index contributed by atoms with van der Waals surface area (Å²) in [6.45, 7) is 0. The van der Waals surface area contributed by atoms with E-state index in [0.717, 1.165) is 4.90 Å². The minimum absolute atomic E-state index is 0.0322. The Hall–Kier alpha value is -3.15. The number of hydrogen-bond donors (Lipinski definition) is 2. The number of carbonyl (C=O) groups is 3. The summed E-state index contributed by atoms with van der Waals surface area (Å²) < 4.78 is 0. The van der Waals surface area contributed by atoms with Crippen LogP contribution >= 0.6 is 0 Å². The van der Waals surface area contributed by atoms with E-state index in [1.165, 1.54) is 36.4 Å². The van der Waals surface area contributed by atoms with Gasteiger partial charge in [0, 0.05) is 0 Å². The molecule has 110 valence electrons. The summed E-state index contributed by atoms with van der Waals surface area (Å²) in [7, 11) is 0. The zero-order valence-electron chi connectivity index (χ0n) is 11.3.